The summed E-state index contributed by atoms with van der Waals surface area (Å²) < 4.78 is 7.13. The quantitative estimate of drug-likeness (QED) is 0.782. The number of nitrogens with one attached hydrogen (secondary N) is 1. The molecule has 3 aromatic rings. The lowest BCUT2D eigenvalue weighted by Gasteiger charge is -2.24. The molecule has 7 heteroatoms. The molecule has 132 valence electrons. The number of anilines is 2. The molecule has 0 radical (unpaired) electrons. The van der Waals surface area contributed by atoms with Crippen molar-refractivity contribution in [2.45, 2.75) is 6.04 Å². The molecule has 26 heavy (non-hydrogen) atoms. The molecule has 7 nitrogen and oxygen atoms in total. The summed E-state index contributed by atoms with van der Waals surface area (Å²) in [7, 11) is 5.72. The van der Waals surface area contributed by atoms with E-state index in [2.05, 4.69) is 56.1 Å². The van der Waals surface area contributed by atoms with E-state index in [1.807, 2.05) is 38.4 Å². The van der Waals surface area contributed by atoms with Gasteiger partial charge >= 0.3 is 0 Å². The number of benzene rings is 2. The number of rotatable bonds is 4. The summed E-state index contributed by atoms with van der Waals surface area (Å²) >= 11 is 0. The summed E-state index contributed by atoms with van der Waals surface area (Å²) in [5.74, 6) is 1.43. The predicted octanol–water partition coefficient (Wildman–Crippen LogP) is 2.80. The third-order valence-corrected chi connectivity index (χ3v) is 4.46. The third-order valence-electron chi connectivity index (χ3n) is 4.46. The van der Waals surface area contributed by atoms with Crippen molar-refractivity contribution in [1.29, 1.82) is 0 Å². The van der Waals surface area contributed by atoms with Crippen molar-refractivity contribution >= 4 is 17.3 Å². The molecule has 1 aliphatic rings. The minimum absolute atomic E-state index is 0.0846. The van der Waals surface area contributed by atoms with Gasteiger partial charge in [-0.05, 0) is 46.3 Å². The lowest BCUT2D eigenvalue weighted by molar-refractivity contribution is 0.414. The van der Waals surface area contributed by atoms with Crippen LogP contribution in [0.5, 0.6) is 5.75 Å². The Morgan fingerprint density at radius 2 is 1.92 bits per heavy atom. The Labute approximate surface area is 151 Å². The highest BCUT2D eigenvalue weighted by molar-refractivity contribution is 5.77. The molecule has 1 aliphatic heterocycles. The van der Waals surface area contributed by atoms with Crippen LogP contribution in [0.15, 0.2) is 54.6 Å². The molecule has 1 aromatic heterocycles. The Hall–Kier alpha value is -3.35. The Bertz CT molecular complexity index is 945. The van der Waals surface area contributed by atoms with E-state index in [9.17, 15) is 0 Å². The minimum atomic E-state index is -0.0846. The first-order valence-electron chi connectivity index (χ1n) is 8.34. The number of hydrogen-bond acceptors (Lipinski definition) is 6. The van der Waals surface area contributed by atoms with Crippen molar-refractivity contribution in [3.8, 4) is 5.75 Å². The van der Waals surface area contributed by atoms with Gasteiger partial charge in [0.25, 0.3) is 0 Å². The van der Waals surface area contributed by atoms with E-state index in [-0.39, 0.29) is 6.04 Å². The van der Waals surface area contributed by atoms with Crippen LogP contribution in [0.25, 0.3) is 5.70 Å². The zero-order valence-corrected chi connectivity index (χ0v) is 14.9. The summed E-state index contributed by atoms with van der Waals surface area (Å²) in [6.45, 7) is 0. The number of allylic oxidation sites excluding steroid dienone is 1. The van der Waals surface area contributed by atoms with Crippen LogP contribution in [-0.2, 0) is 0 Å². The van der Waals surface area contributed by atoms with E-state index in [1.165, 1.54) is 0 Å². The predicted molar refractivity (Wildman–Crippen MR) is 101 cm³/mol. The monoisotopic (exact) mass is 348 g/mol. The van der Waals surface area contributed by atoms with Gasteiger partial charge in [-0.3, -0.25) is 0 Å². The highest BCUT2D eigenvalue weighted by Crippen LogP contribution is 2.33. The number of fused-ring (bicyclic) bond motifs is 1. The van der Waals surface area contributed by atoms with Gasteiger partial charge < -0.3 is 15.0 Å². The summed E-state index contributed by atoms with van der Waals surface area (Å²) in [4.78, 5) is 2.08. The number of aromatic nitrogens is 4. The maximum Gasteiger partial charge on any atom is 0.248 e. The molecule has 0 saturated heterocycles. The molecule has 0 fully saturated rings. The maximum absolute atomic E-state index is 5.34. The number of nitrogens with zero attached hydrogens (tertiary/aromatic N) is 5. The van der Waals surface area contributed by atoms with Crippen LogP contribution in [0.2, 0.25) is 0 Å². The second-order valence-corrected chi connectivity index (χ2v) is 6.32. The number of ether oxygens (including phenoxy) is 1. The average molecular weight is 348 g/mol. The van der Waals surface area contributed by atoms with Crippen molar-refractivity contribution in [1.82, 2.24) is 20.2 Å². The molecule has 0 amide bonds. The maximum atomic E-state index is 5.34. The normalized spacial score (nSPS) is 15.7. The van der Waals surface area contributed by atoms with Crippen molar-refractivity contribution in [2.24, 2.45) is 0 Å². The molecule has 1 N–H and O–H groups in total. The van der Waals surface area contributed by atoms with E-state index in [1.54, 1.807) is 11.8 Å². The van der Waals surface area contributed by atoms with E-state index >= 15 is 0 Å². The SMILES string of the molecule is COc1cccc(C2=C[C@H](c3ccc(N(C)C)cc3)n3nnnc3N2)c1. The largest absolute Gasteiger partial charge is 0.497 e. The zero-order valence-electron chi connectivity index (χ0n) is 14.9. The minimum Gasteiger partial charge on any atom is -0.497 e. The van der Waals surface area contributed by atoms with Crippen LogP contribution >= 0.6 is 0 Å². The summed E-state index contributed by atoms with van der Waals surface area (Å²) in [5, 5.41) is 15.4. The smallest absolute Gasteiger partial charge is 0.248 e. The van der Waals surface area contributed by atoms with Gasteiger partial charge in [-0.1, -0.05) is 29.4 Å². The van der Waals surface area contributed by atoms with Gasteiger partial charge in [0.1, 0.15) is 11.8 Å². The van der Waals surface area contributed by atoms with Gasteiger partial charge in [-0.2, -0.15) is 4.68 Å². The van der Waals surface area contributed by atoms with Gasteiger partial charge in [0.05, 0.1) is 7.11 Å². The Morgan fingerprint density at radius 3 is 2.65 bits per heavy atom. The highest BCUT2D eigenvalue weighted by atomic mass is 16.5. The Kier molecular flexibility index (Phi) is 4.04. The van der Waals surface area contributed by atoms with Crippen LogP contribution in [0.1, 0.15) is 17.2 Å². The van der Waals surface area contributed by atoms with Crippen LogP contribution in [0.3, 0.4) is 0 Å². The first-order valence-corrected chi connectivity index (χ1v) is 8.34. The van der Waals surface area contributed by atoms with Gasteiger partial charge in [0.2, 0.25) is 5.95 Å². The molecule has 0 unspecified atom stereocenters. The van der Waals surface area contributed by atoms with Crippen molar-refractivity contribution < 1.29 is 4.74 Å². The average Bonchev–Trinajstić information content (AvgIpc) is 3.16. The van der Waals surface area contributed by atoms with Crippen molar-refractivity contribution in [2.75, 3.05) is 31.4 Å². The number of methoxy groups -OCH3 is 1. The number of hydrogen-bond donors (Lipinski definition) is 1. The topological polar surface area (TPSA) is 68.1 Å². The van der Waals surface area contributed by atoms with E-state index in [0.29, 0.717) is 5.95 Å². The summed E-state index contributed by atoms with van der Waals surface area (Å²) in [6.07, 6.45) is 2.13. The molecule has 2 aromatic carbocycles. The molecule has 0 bridgehead atoms. The lowest BCUT2D eigenvalue weighted by atomic mass is 10.0. The second-order valence-electron chi connectivity index (χ2n) is 6.32. The standard InChI is InChI=1S/C19H20N6O/c1-24(2)15-9-7-13(8-10-15)18-12-17(20-19-21-22-23-25(18)19)14-5-4-6-16(11-14)26-3/h4-12,18H,1-3H3,(H,20,21,23)/t18-/m1/s1. The Morgan fingerprint density at radius 1 is 1.12 bits per heavy atom. The van der Waals surface area contributed by atoms with Crippen molar-refractivity contribution in [3.05, 3.63) is 65.7 Å². The fraction of sp³-hybridized carbons (Fsp3) is 0.211. The number of tetrazole rings is 1. The molecule has 0 aliphatic carbocycles. The molecule has 1 atom stereocenters. The highest BCUT2D eigenvalue weighted by Gasteiger charge is 2.24. The van der Waals surface area contributed by atoms with Crippen molar-refractivity contribution in [3.63, 3.8) is 0 Å². The van der Waals surface area contributed by atoms with Crippen LogP contribution in [0, 0.1) is 0 Å². The first kappa shape index (κ1) is 16.1. The molecule has 0 spiro atoms. The molecule has 0 saturated carbocycles. The second kappa shape index (κ2) is 6.51. The fourth-order valence-corrected chi connectivity index (χ4v) is 3.02. The van der Waals surface area contributed by atoms with Gasteiger partial charge in [-0.25, -0.2) is 0 Å². The van der Waals surface area contributed by atoms with Crippen LogP contribution in [-0.4, -0.2) is 41.4 Å². The third kappa shape index (κ3) is 2.88. The summed E-state index contributed by atoms with van der Waals surface area (Å²) in [5.41, 5.74) is 4.24. The van der Waals surface area contributed by atoms with Crippen LogP contribution in [0.4, 0.5) is 11.6 Å². The lowest BCUT2D eigenvalue weighted by Crippen LogP contribution is -2.20. The first-order chi connectivity index (χ1) is 12.7. The van der Waals surface area contributed by atoms with Crippen LogP contribution < -0.4 is 15.0 Å². The van der Waals surface area contributed by atoms with E-state index in [0.717, 1.165) is 28.3 Å². The summed E-state index contributed by atoms with van der Waals surface area (Å²) in [6, 6.07) is 16.2. The van der Waals surface area contributed by atoms with Gasteiger partial charge in [0, 0.05) is 31.0 Å². The van der Waals surface area contributed by atoms with E-state index < -0.39 is 0 Å². The molecular weight excluding hydrogens is 328 g/mol. The van der Waals surface area contributed by atoms with Gasteiger partial charge in [-0.15, -0.1) is 0 Å². The Balaban J connectivity index is 1.75. The fourth-order valence-electron chi connectivity index (χ4n) is 3.02. The zero-order chi connectivity index (χ0) is 18.1. The van der Waals surface area contributed by atoms with E-state index in [4.69, 9.17) is 4.74 Å². The molecule has 2 heterocycles. The molecular formula is C19H20N6O. The molecule has 4 rings (SSSR count). The van der Waals surface area contributed by atoms with Gasteiger partial charge in [0.15, 0.2) is 0 Å².